The molecule has 6 nitrogen and oxygen atoms in total. The molecule has 1 unspecified atom stereocenters. The zero-order chi connectivity index (χ0) is 15.8. The van der Waals surface area contributed by atoms with Crippen LogP contribution in [0.3, 0.4) is 0 Å². The Morgan fingerprint density at radius 2 is 2.14 bits per heavy atom. The van der Waals surface area contributed by atoms with Crippen LogP contribution in [0.5, 0.6) is 5.75 Å². The lowest BCUT2D eigenvalue weighted by Gasteiger charge is -2.22. The molecule has 0 saturated heterocycles. The van der Waals surface area contributed by atoms with Crippen molar-refractivity contribution in [2.24, 2.45) is 16.8 Å². The van der Waals surface area contributed by atoms with Gasteiger partial charge >= 0.3 is 0 Å². The van der Waals surface area contributed by atoms with E-state index >= 15 is 0 Å². The van der Waals surface area contributed by atoms with Gasteiger partial charge in [-0.15, -0.1) is 0 Å². The second-order valence-electron chi connectivity index (χ2n) is 5.26. The second kappa shape index (κ2) is 8.49. The maximum atomic E-state index is 9.11. The SMILES string of the molecule is COc1ccc(/C(N)=N/O)cc1CNC(CCO)C(C)C. The fourth-order valence-electron chi connectivity index (χ4n) is 2.19. The summed E-state index contributed by atoms with van der Waals surface area (Å²) in [6.07, 6.45) is 0.694. The molecule has 0 amide bonds. The van der Waals surface area contributed by atoms with E-state index in [1.54, 1.807) is 19.2 Å². The van der Waals surface area contributed by atoms with Crippen molar-refractivity contribution < 1.29 is 15.1 Å². The summed E-state index contributed by atoms with van der Waals surface area (Å²) >= 11 is 0. The lowest BCUT2D eigenvalue weighted by molar-refractivity contribution is 0.243. The quantitative estimate of drug-likeness (QED) is 0.251. The van der Waals surface area contributed by atoms with Crippen molar-refractivity contribution in [3.63, 3.8) is 0 Å². The van der Waals surface area contributed by atoms with Gasteiger partial charge in [-0.3, -0.25) is 0 Å². The van der Waals surface area contributed by atoms with Crippen LogP contribution >= 0.6 is 0 Å². The van der Waals surface area contributed by atoms with Gasteiger partial charge in [-0.1, -0.05) is 19.0 Å². The highest BCUT2D eigenvalue weighted by Gasteiger charge is 2.14. The number of oxime groups is 1. The van der Waals surface area contributed by atoms with E-state index in [9.17, 15) is 0 Å². The highest BCUT2D eigenvalue weighted by Crippen LogP contribution is 2.20. The largest absolute Gasteiger partial charge is 0.496 e. The number of hydrogen-bond donors (Lipinski definition) is 4. The first kappa shape index (κ1) is 17.3. The van der Waals surface area contributed by atoms with Gasteiger partial charge in [0.25, 0.3) is 0 Å². The van der Waals surface area contributed by atoms with Crippen LogP contribution in [0.25, 0.3) is 0 Å². The van der Waals surface area contributed by atoms with E-state index in [-0.39, 0.29) is 18.5 Å². The summed E-state index contributed by atoms with van der Waals surface area (Å²) < 4.78 is 5.33. The van der Waals surface area contributed by atoms with E-state index in [1.165, 1.54) is 0 Å². The van der Waals surface area contributed by atoms with Gasteiger partial charge in [0, 0.05) is 30.3 Å². The Labute approximate surface area is 125 Å². The maximum absolute atomic E-state index is 9.11. The molecule has 0 saturated carbocycles. The third kappa shape index (κ3) is 4.91. The summed E-state index contributed by atoms with van der Waals surface area (Å²) in [7, 11) is 1.61. The van der Waals surface area contributed by atoms with E-state index in [4.69, 9.17) is 20.8 Å². The van der Waals surface area contributed by atoms with E-state index in [1.807, 2.05) is 6.07 Å². The number of amidine groups is 1. The first-order valence-electron chi connectivity index (χ1n) is 7.02. The second-order valence-corrected chi connectivity index (χ2v) is 5.26. The maximum Gasteiger partial charge on any atom is 0.170 e. The van der Waals surface area contributed by atoms with Crippen LogP contribution in [0.15, 0.2) is 23.4 Å². The molecule has 0 fully saturated rings. The van der Waals surface area contributed by atoms with Crippen molar-refractivity contribution >= 4 is 5.84 Å². The number of aliphatic hydroxyl groups is 1. The predicted octanol–water partition coefficient (Wildman–Crippen LogP) is 1.29. The molecule has 0 aromatic heterocycles. The summed E-state index contributed by atoms with van der Waals surface area (Å²) in [5, 5.41) is 24.3. The Balaban J connectivity index is 2.89. The van der Waals surface area contributed by atoms with E-state index in [0.29, 0.717) is 24.4 Å². The van der Waals surface area contributed by atoms with Crippen LogP contribution in [0.1, 0.15) is 31.4 Å². The van der Waals surface area contributed by atoms with Gasteiger partial charge in [0.1, 0.15) is 5.75 Å². The summed E-state index contributed by atoms with van der Waals surface area (Å²) in [6.45, 7) is 4.95. The number of methoxy groups -OCH3 is 1. The normalized spacial score (nSPS) is 13.5. The Morgan fingerprint density at radius 1 is 1.43 bits per heavy atom. The van der Waals surface area contributed by atoms with Crippen molar-refractivity contribution in [3.05, 3.63) is 29.3 Å². The molecule has 118 valence electrons. The van der Waals surface area contributed by atoms with Crippen LogP contribution < -0.4 is 15.8 Å². The molecule has 0 radical (unpaired) electrons. The van der Waals surface area contributed by atoms with Crippen LogP contribution in [0.2, 0.25) is 0 Å². The van der Waals surface area contributed by atoms with Gasteiger partial charge in [-0.05, 0) is 30.5 Å². The summed E-state index contributed by atoms with van der Waals surface area (Å²) in [6, 6.07) is 5.58. The Morgan fingerprint density at radius 3 is 2.67 bits per heavy atom. The topological polar surface area (TPSA) is 100 Å². The molecule has 0 heterocycles. The van der Waals surface area contributed by atoms with Crippen molar-refractivity contribution in [1.82, 2.24) is 5.32 Å². The average Bonchev–Trinajstić information content (AvgIpc) is 2.49. The minimum absolute atomic E-state index is 0.0645. The van der Waals surface area contributed by atoms with Crippen molar-refractivity contribution in [3.8, 4) is 5.75 Å². The standard InChI is InChI=1S/C15H25N3O3/c1-10(2)13(6-7-19)17-9-12-8-11(15(16)18-20)4-5-14(12)21-3/h4-5,8,10,13,17,19-20H,6-7,9H2,1-3H3,(H2,16,18). The molecule has 1 atom stereocenters. The number of rotatable bonds is 8. The summed E-state index contributed by atoms with van der Waals surface area (Å²) in [4.78, 5) is 0. The van der Waals surface area contributed by atoms with Gasteiger partial charge in [-0.25, -0.2) is 0 Å². The fraction of sp³-hybridized carbons (Fsp3) is 0.533. The van der Waals surface area contributed by atoms with Crippen molar-refractivity contribution in [2.75, 3.05) is 13.7 Å². The van der Waals surface area contributed by atoms with Crippen LogP contribution in [-0.4, -0.2) is 35.9 Å². The minimum Gasteiger partial charge on any atom is -0.496 e. The molecule has 1 rings (SSSR count). The zero-order valence-corrected chi connectivity index (χ0v) is 12.8. The Hall–Kier alpha value is -1.79. The molecule has 0 bridgehead atoms. The Bertz CT molecular complexity index is 475. The molecule has 6 heteroatoms. The zero-order valence-electron chi connectivity index (χ0n) is 12.8. The minimum atomic E-state index is 0.0645. The van der Waals surface area contributed by atoms with Crippen LogP contribution in [0.4, 0.5) is 0 Å². The summed E-state index contributed by atoms with van der Waals surface area (Å²) in [5.74, 6) is 1.22. The van der Waals surface area contributed by atoms with Gasteiger partial charge in [0.15, 0.2) is 5.84 Å². The smallest absolute Gasteiger partial charge is 0.170 e. The predicted molar refractivity (Wildman–Crippen MR) is 82.7 cm³/mol. The molecule has 0 aliphatic heterocycles. The first-order valence-corrected chi connectivity index (χ1v) is 7.02. The number of aliphatic hydroxyl groups excluding tert-OH is 1. The third-order valence-corrected chi connectivity index (χ3v) is 3.48. The van der Waals surface area contributed by atoms with Crippen molar-refractivity contribution in [2.45, 2.75) is 32.9 Å². The molecule has 0 aliphatic carbocycles. The molecule has 0 spiro atoms. The van der Waals surface area contributed by atoms with E-state index in [2.05, 4.69) is 24.3 Å². The number of nitrogens with one attached hydrogen (secondary N) is 1. The van der Waals surface area contributed by atoms with Gasteiger partial charge in [0.2, 0.25) is 0 Å². The number of benzene rings is 1. The fourth-order valence-corrected chi connectivity index (χ4v) is 2.19. The lowest BCUT2D eigenvalue weighted by atomic mass is 10.0. The van der Waals surface area contributed by atoms with Gasteiger partial charge < -0.3 is 26.1 Å². The highest BCUT2D eigenvalue weighted by molar-refractivity contribution is 5.97. The van der Waals surface area contributed by atoms with E-state index < -0.39 is 0 Å². The van der Waals surface area contributed by atoms with E-state index in [0.717, 1.165) is 11.3 Å². The number of nitrogens with two attached hydrogens (primary N) is 1. The molecular formula is C15H25N3O3. The molecular weight excluding hydrogens is 270 g/mol. The third-order valence-electron chi connectivity index (χ3n) is 3.48. The van der Waals surface area contributed by atoms with Gasteiger partial charge in [-0.2, -0.15) is 0 Å². The van der Waals surface area contributed by atoms with Crippen LogP contribution in [0, 0.1) is 5.92 Å². The van der Waals surface area contributed by atoms with Crippen LogP contribution in [-0.2, 0) is 6.54 Å². The number of nitrogens with zero attached hydrogens (tertiary/aromatic N) is 1. The molecule has 21 heavy (non-hydrogen) atoms. The highest BCUT2D eigenvalue weighted by atomic mass is 16.5. The molecule has 0 aliphatic rings. The average molecular weight is 295 g/mol. The number of hydrogen-bond acceptors (Lipinski definition) is 5. The first-order chi connectivity index (χ1) is 10.0. The van der Waals surface area contributed by atoms with Crippen molar-refractivity contribution in [1.29, 1.82) is 0 Å². The molecule has 5 N–H and O–H groups in total. The Kier molecular flexibility index (Phi) is 6.98. The summed E-state index contributed by atoms with van der Waals surface area (Å²) in [5.41, 5.74) is 7.17. The number of ether oxygens (including phenoxy) is 1. The lowest BCUT2D eigenvalue weighted by Crippen LogP contribution is -2.34. The van der Waals surface area contributed by atoms with Gasteiger partial charge in [0.05, 0.1) is 7.11 Å². The molecule has 1 aromatic carbocycles. The molecule has 1 aromatic rings. The monoisotopic (exact) mass is 295 g/mol.